The first kappa shape index (κ1) is 10.9. The van der Waals surface area contributed by atoms with Crippen LogP contribution in [0.4, 0.5) is 5.95 Å². The van der Waals surface area contributed by atoms with Crippen molar-refractivity contribution in [1.29, 1.82) is 0 Å². The van der Waals surface area contributed by atoms with Crippen LogP contribution in [-0.4, -0.2) is 26.1 Å². The minimum atomic E-state index is 0.503. The lowest BCUT2D eigenvalue weighted by molar-refractivity contribution is 0.918. The van der Waals surface area contributed by atoms with E-state index in [1.165, 1.54) is 0 Å². The van der Waals surface area contributed by atoms with Crippen LogP contribution >= 0.6 is 11.6 Å². The van der Waals surface area contributed by atoms with E-state index in [4.69, 9.17) is 11.6 Å². The second kappa shape index (κ2) is 4.49. The highest BCUT2D eigenvalue weighted by Crippen LogP contribution is 2.19. The molecule has 0 aromatic carbocycles. The van der Waals surface area contributed by atoms with E-state index in [0.717, 1.165) is 12.4 Å². The fourth-order valence-electron chi connectivity index (χ4n) is 1.37. The Morgan fingerprint density at radius 1 is 1.44 bits per heavy atom. The summed E-state index contributed by atoms with van der Waals surface area (Å²) in [6.07, 6.45) is 5.11. The SMILES string of the molecule is CCNc1ncc(Cl)c(-n2ccnc2C)n1. The molecule has 0 aliphatic rings. The number of aromatic nitrogens is 4. The Morgan fingerprint density at radius 3 is 2.88 bits per heavy atom. The summed E-state index contributed by atoms with van der Waals surface area (Å²) >= 11 is 6.06. The Morgan fingerprint density at radius 2 is 2.25 bits per heavy atom. The molecule has 2 aromatic heterocycles. The Labute approximate surface area is 98.5 Å². The topological polar surface area (TPSA) is 55.6 Å². The molecule has 0 spiro atoms. The number of imidazole rings is 1. The minimum Gasteiger partial charge on any atom is -0.354 e. The number of hydrogen-bond donors (Lipinski definition) is 1. The van der Waals surface area contributed by atoms with Crippen LogP contribution in [0.5, 0.6) is 0 Å². The molecule has 16 heavy (non-hydrogen) atoms. The van der Waals surface area contributed by atoms with Gasteiger partial charge in [-0.15, -0.1) is 0 Å². The summed E-state index contributed by atoms with van der Waals surface area (Å²) < 4.78 is 1.82. The van der Waals surface area contributed by atoms with Gasteiger partial charge in [0.05, 0.1) is 6.20 Å². The van der Waals surface area contributed by atoms with Crippen LogP contribution < -0.4 is 5.32 Å². The quantitative estimate of drug-likeness (QED) is 0.888. The van der Waals surface area contributed by atoms with Crippen LogP contribution in [0.25, 0.3) is 5.82 Å². The largest absolute Gasteiger partial charge is 0.354 e. The second-order valence-electron chi connectivity index (χ2n) is 3.24. The van der Waals surface area contributed by atoms with E-state index >= 15 is 0 Å². The molecule has 0 atom stereocenters. The molecule has 5 nitrogen and oxygen atoms in total. The molecular formula is C10H12ClN5. The van der Waals surface area contributed by atoms with Crippen molar-refractivity contribution in [2.75, 3.05) is 11.9 Å². The van der Waals surface area contributed by atoms with E-state index in [1.54, 1.807) is 12.4 Å². The number of nitrogens with zero attached hydrogens (tertiary/aromatic N) is 4. The van der Waals surface area contributed by atoms with Gasteiger partial charge in [-0.2, -0.15) is 4.98 Å². The van der Waals surface area contributed by atoms with E-state index in [1.807, 2.05) is 24.6 Å². The summed E-state index contributed by atoms with van der Waals surface area (Å²) in [6, 6.07) is 0. The average Bonchev–Trinajstić information content (AvgIpc) is 2.68. The Kier molecular flexibility index (Phi) is 3.05. The van der Waals surface area contributed by atoms with Crippen molar-refractivity contribution in [3.8, 4) is 5.82 Å². The zero-order valence-corrected chi connectivity index (χ0v) is 9.86. The lowest BCUT2D eigenvalue weighted by Gasteiger charge is -2.08. The fourth-order valence-corrected chi connectivity index (χ4v) is 1.55. The summed E-state index contributed by atoms with van der Waals surface area (Å²) in [5.41, 5.74) is 0. The van der Waals surface area contributed by atoms with Crippen molar-refractivity contribution in [2.45, 2.75) is 13.8 Å². The highest BCUT2D eigenvalue weighted by atomic mass is 35.5. The fraction of sp³-hybridized carbons (Fsp3) is 0.300. The summed E-state index contributed by atoms with van der Waals surface area (Å²) in [6.45, 7) is 4.65. The third kappa shape index (κ3) is 1.99. The van der Waals surface area contributed by atoms with Crippen molar-refractivity contribution in [1.82, 2.24) is 19.5 Å². The first-order valence-electron chi connectivity index (χ1n) is 4.99. The Hall–Kier alpha value is -1.62. The predicted molar refractivity (Wildman–Crippen MR) is 63.1 cm³/mol. The lowest BCUT2D eigenvalue weighted by Crippen LogP contribution is -2.06. The van der Waals surface area contributed by atoms with Gasteiger partial charge in [0.1, 0.15) is 10.8 Å². The van der Waals surface area contributed by atoms with E-state index in [-0.39, 0.29) is 0 Å². The van der Waals surface area contributed by atoms with Crippen LogP contribution in [-0.2, 0) is 0 Å². The molecule has 0 bridgehead atoms. The van der Waals surface area contributed by atoms with Crippen molar-refractivity contribution in [3.63, 3.8) is 0 Å². The highest BCUT2D eigenvalue weighted by Gasteiger charge is 2.08. The van der Waals surface area contributed by atoms with Gasteiger partial charge in [-0.05, 0) is 13.8 Å². The number of aryl methyl sites for hydroxylation is 1. The Bertz CT molecular complexity index is 494. The zero-order chi connectivity index (χ0) is 11.5. The molecule has 84 valence electrons. The maximum atomic E-state index is 6.06. The molecule has 1 N–H and O–H groups in total. The molecule has 0 aliphatic carbocycles. The van der Waals surface area contributed by atoms with Gasteiger partial charge in [-0.25, -0.2) is 9.97 Å². The molecule has 0 saturated carbocycles. The van der Waals surface area contributed by atoms with Gasteiger partial charge >= 0.3 is 0 Å². The molecule has 0 radical (unpaired) electrons. The van der Waals surface area contributed by atoms with Crippen LogP contribution in [0.1, 0.15) is 12.7 Å². The summed E-state index contributed by atoms with van der Waals surface area (Å²) in [5, 5.41) is 3.54. The molecule has 2 rings (SSSR count). The summed E-state index contributed by atoms with van der Waals surface area (Å²) in [7, 11) is 0. The van der Waals surface area contributed by atoms with Crippen molar-refractivity contribution in [3.05, 3.63) is 29.4 Å². The minimum absolute atomic E-state index is 0.503. The number of nitrogens with one attached hydrogen (secondary N) is 1. The molecule has 0 unspecified atom stereocenters. The summed E-state index contributed by atoms with van der Waals surface area (Å²) in [5.74, 6) is 2.04. The van der Waals surface area contributed by atoms with E-state index < -0.39 is 0 Å². The van der Waals surface area contributed by atoms with Gasteiger partial charge in [-0.3, -0.25) is 4.57 Å². The van der Waals surface area contributed by atoms with Gasteiger partial charge < -0.3 is 5.32 Å². The van der Waals surface area contributed by atoms with Crippen molar-refractivity contribution >= 4 is 17.5 Å². The molecule has 0 aliphatic heterocycles. The van der Waals surface area contributed by atoms with Gasteiger partial charge in [0, 0.05) is 18.9 Å². The molecule has 2 aromatic rings. The van der Waals surface area contributed by atoms with Crippen LogP contribution in [0.15, 0.2) is 18.6 Å². The standard InChI is InChI=1S/C10H12ClN5/c1-3-12-10-14-6-8(11)9(15-10)16-5-4-13-7(16)2/h4-6H,3H2,1-2H3,(H,12,14,15). The van der Waals surface area contributed by atoms with E-state index in [9.17, 15) is 0 Å². The predicted octanol–water partition coefficient (Wildman–Crippen LogP) is 2.06. The van der Waals surface area contributed by atoms with Crippen LogP contribution in [0.2, 0.25) is 5.02 Å². The maximum Gasteiger partial charge on any atom is 0.224 e. The molecule has 0 fully saturated rings. The van der Waals surface area contributed by atoms with Crippen molar-refractivity contribution in [2.24, 2.45) is 0 Å². The van der Waals surface area contributed by atoms with E-state index in [0.29, 0.717) is 16.8 Å². The van der Waals surface area contributed by atoms with Gasteiger partial charge in [-0.1, -0.05) is 11.6 Å². The first-order chi connectivity index (χ1) is 7.72. The number of hydrogen-bond acceptors (Lipinski definition) is 4. The van der Waals surface area contributed by atoms with Crippen LogP contribution in [0.3, 0.4) is 0 Å². The summed E-state index contributed by atoms with van der Waals surface area (Å²) in [4.78, 5) is 12.5. The van der Waals surface area contributed by atoms with Gasteiger partial charge in [0.2, 0.25) is 5.95 Å². The average molecular weight is 238 g/mol. The van der Waals surface area contributed by atoms with Gasteiger partial charge in [0.15, 0.2) is 5.82 Å². The Balaban J connectivity index is 2.47. The smallest absolute Gasteiger partial charge is 0.224 e. The number of halogens is 1. The van der Waals surface area contributed by atoms with E-state index in [2.05, 4.69) is 20.3 Å². The lowest BCUT2D eigenvalue weighted by atomic mass is 10.5. The number of rotatable bonds is 3. The monoisotopic (exact) mass is 237 g/mol. The molecule has 2 heterocycles. The van der Waals surface area contributed by atoms with Crippen molar-refractivity contribution < 1.29 is 0 Å². The molecule has 6 heteroatoms. The molecular weight excluding hydrogens is 226 g/mol. The first-order valence-corrected chi connectivity index (χ1v) is 5.37. The third-order valence-corrected chi connectivity index (χ3v) is 2.38. The molecule has 0 saturated heterocycles. The molecule has 0 amide bonds. The number of anilines is 1. The zero-order valence-electron chi connectivity index (χ0n) is 9.11. The normalized spacial score (nSPS) is 10.4. The van der Waals surface area contributed by atoms with Gasteiger partial charge in [0.25, 0.3) is 0 Å². The van der Waals surface area contributed by atoms with Crippen LogP contribution in [0, 0.1) is 6.92 Å². The second-order valence-corrected chi connectivity index (χ2v) is 3.65. The highest BCUT2D eigenvalue weighted by molar-refractivity contribution is 6.32. The third-order valence-electron chi connectivity index (χ3n) is 2.11. The maximum absolute atomic E-state index is 6.06.